The Kier molecular flexibility index (Phi) is 5.50. The number of halogens is 1. The van der Waals surface area contributed by atoms with E-state index < -0.39 is 0 Å². The third-order valence-corrected chi connectivity index (χ3v) is 3.62. The Bertz CT molecular complexity index is 513. The van der Waals surface area contributed by atoms with Crippen molar-refractivity contribution in [3.05, 3.63) is 11.6 Å². The molecule has 1 unspecified atom stereocenters. The van der Waals surface area contributed by atoms with Crippen LogP contribution in [-0.4, -0.2) is 61.0 Å². The van der Waals surface area contributed by atoms with Gasteiger partial charge in [-0.3, -0.25) is 0 Å². The lowest BCUT2D eigenvalue weighted by Gasteiger charge is -2.37. The third kappa shape index (κ3) is 3.70. The zero-order chi connectivity index (χ0) is 15.4. The molecule has 1 fully saturated rings. The van der Waals surface area contributed by atoms with Gasteiger partial charge in [-0.25, -0.2) is 4.99 Å². The van der Waals surface area contributed by atoms with Gasteiger partial charge in [-0.1, -0.05) is 6.08 Å². The van der Waals surface area contributed by atoms with Crippen LogP contribution in [0, 0.1) is 0 Å². The maximum atomic E-state index is 6.08. The molecule has 0 aliphatic carbocycles. The topological polar surface area (TPSA) is 58.8 Å². The number of allylic oxidation sites excluding steroid dienone is 1. The van der Waals surface area contributed by atoms with Crippen LogP contribution in [0.5, 0.6) is 0 Å². The molecule has 21 heavy (non-hydrogen) atoms. The molecule has 0 aromatic rings. The Morgan fingerprint density at radius 2 is 2.29 bits per heavy atom. The van der Waals surface area contributed by atoms with Crippen molar-refractivity contribution in [1.82, 2.24) is 4.90 Å². The Labute approximate surface area is 130 Å². The lowest BCUT2D eigenvalue weighted by molar-refractivity contribution is 0.0335. The van der Waals surface area contributed by atoms with Gasteiger partial charge in [0.05, 0.1) is 24.8 Å². The molecule has 2 atom stereocenters. The van der Waals surface area contributed by atoms with E-state index in [4.69, 9.17) is 21.1 Å². The summed E-state index contributed by atoms with van der Waals surface area (Å²) in [6, 6.07) is 0.233. The summed E-state index contributed by atoms with van der Waals surface area (Å²) < 4.78 is 10.7. The highest BCUT2D eigenvalue weighted by Crippen LogP contribution is 2.19. The van der Waals surface area contributed by atoms with Gasteiger partial charge in [0, 0.05) is 13.7 Å². The predicted octanol–water partition coefficient (Wildman–Crippen LogP) is 2.05. The minimum Gasteiger partial charge on any atom is -0.377 e. The van der Waals surface area contributed by atoms with E-state index in [1.807, 2.05) is 19.9 Å². The molecule has 116 valence electrons. The van der Waals surface area contributed by atoms with E-state index in [0.29, 0.717) is 19.0 Å². The third-order valence-electron chi connectivity index (χ3n) is 3.45. The first-order chi connectivity index (χ1) is 10.1. The van der Waals surface area contributed by atoms with Crippen molar-refractivity contribution in [2.75, 3.05) is 26.9 Å². The highest BCUT2D eigenvalue weighted by Gasteiger charge is 2.29. The predicted molar refractivity (Wildman–Crippen MR) is 85.4 cm³/mol. The molecule has 1 saturated heterocycles. The van der Waals surface area contributed by atoms with Gasteiger partial charge >= 0.3 is 0 Å². The molecule has 7 heteroatoms. The molecule has 0 saturated carbocycles. The number of morpholine rings is 1. The lowest BCUT2D eigenvalue weighted by atomic mass is 10.1. The SMILES string of the molecule is C/C=C1\C(=NC(C)OC)N=C(Cl)N=C1N1CCOC[C@@H]1C. The summed E-state index contributed by atoms with van der Waals surface area (Å²) in [5, 5.41) is 0.191. The fraction of sp³-hybridized carbons (Fsp3) is 0.643. The second-order valence-electron chi connectivity index (χ2n) is 4.92. The van der Waals surface area contributed by atoms with Gasteiger partial charge in [-0.15, -0.1) is 0 Å². The second-order valence-corrected chi connectivity index (χ2v) is 5.26. The molecule has 0 radical (unpaired) electrons. The van der Waals surface area contributed by atoms with Crippen molar-refractivity contribution >= 4 is 28.6 Å². The normalized spacial score (nSPS) is 28.6. The fourth-order valence-electron chi connectivity index (χ4n) is 2.26. The molecule has 0 aromatic heterocycles. The molecule has 0 N–H and O–H groups in total. The van der Waals surface area contributed by atoms with Gasteiger partial charge in [-0.05, 0) is 32.4 Å². The number of ether oxygens (including phenoxy) is 2. The van der Waals surface area contributed by atoms with Crippen LogP contribution in [0.25, 0.3) is 0 Å². The molecule has 0 amide bonds. The molecular weight excluding hydrogens is 292 g/mol. The van der Waals surface area contributed by atoms with E-state index in [0.717, 1.165) is 18.0 Å². The van der Waals surface area contributed by atoms with Gasteiger partial charge in [0.1, 0.15) is 12.1 Å². The van der Waals surface area contributed by atoms with Crippen LogP contribution < -0.4 is 0 Å². The zero-order valence-electron chi connectivity index (χ0n) is 12.8. The van der Waals surface area contributed by atoms with Crippen LogP contribution in [0.1, 0.15) is 20.8 Å². The summed E-state index contributed by atoms with van der Waals surface area (Å²) in [6.07, 6.45) is 1.67. The molecule has 0 spiro atoms. The number of hydrogen-bond donors (Lipinski definition) is 0. The van der Waals surface area contributed by atoms with Crippen LogP contribution in [-0.2, 0) is 9.47 Å². The van der Waals surface area contributed by atoms with Gasteiger partial charge in [0.15, 0.2) is 5.84 Å². The molecule has 2 aliphatic heterocycles. The average molecular weight is 313 g/mol. The Balaban J connectivity index is 2.36. The number of rotatable bonds is 2. The van der Waals surface area contributed by atoms with Crippen molar-refractivity contribution in [1.29, 1.82) is 0 Å². The Morgan fingerprint density at radius 3 is 2.90 bits per heavy atom. The number of aliphatic imine (C=N–C) groups is 3. The van der Waals surface area contributed by atoms with Gasteiger partial charge in [0.25, 0.3) is 0 Å². The molecule has 6 nitrogen and oxygen atoms in total. The summed E-state index contributed by atoms with van der Waals surface area (Å²) in [5.41, 5.74) is 0.872. The maximum Gasteiger partial charge on any atom is 0.226 e. The van der Waals surface area contributed by atoms with E-state index in [1.165, 1.54) is 0 Å². The lowest BCUT2D eigenvalue weighted by Crippen LogP contribution is -2.49. The van der Waals surface area contributed by atoms with E-state index in [9.17, 15) is 0 Å². The van der Waals surface area contributed by atoms with Gasteiger partial charge < -0.3 is 14.4 Å². The Morgan fingerprint density at radius 1 is 1.52 bits per heavy atom. The van der Waals surface area contributed by atoms with Crippen LogP contribution in [0.2, 0.25) is 0 Å². The zero-order valence-corrected chi connectivity index (χ0v) is 13.6. The summed E-state index contributed by atoms with van der Waals surface area (Å²) in [7, 11) is 1.61. The minimum absolute atomic E-state index is 0.191. The minimum atomic E-state index is -0.287. The Hall–Kier alpha value is -1.24. The van der Waals surface area contributed by atoms with Crippen LogP contribution >= 0.6 is 11.6 Å². The van der Waals surface area contributed by atoms with Crippen molar-refractivity contribution in [3.8, 4) is 0 Å². The number of methoxy groups -OCH3 is 1. The highest BCUT2D eigenvalue weighted by atomic mass is 35.5. The average Bonchev–Trinajstić information content (AvgIpc) is 2.47. The largest absolute Gasteiger partial charge is 0.377 e. The number of hydrogen-bond acceptors (Lipinski definition) is 5. The molecule has 2 aliphatic rings. The first-order valence-corrected chi connectivity index (χ1v) is 7.39. The van der Waals surface area contributed by atoms with Crippen molar-refractivity contribution in [2.24, 2.45) is 15.0 Å². The fourth-order valence-corrected chi connectivity index (χ4v) is 2.42. The molecule has 2 heterocycles. The van der Waals surface area contributed by atoms with Crippen molar-refractivity contribution in [2.45, 2.75) is 33.0 Å². The van der Waals surface area contributed by atoms with Crippen LogP contribution in [0.3, 0.4) is 0 Å². The van der Waals surface area contributed by atoms with E-state index in [-0.39, 0.29) is 17.6 Å². The monoisotopic (exact) mass is 312 g/mol. The quantitative estimate of drug-likeness (QED) is 0.733. The summed E-state index contributed by atoms with van der Waals surface area (Å²) in [5.74, 6) is 1.36. The van der Waals surface area contributed by atoms with Crippen molar-refractivity contribution < 1.29 is 9.47 Å². The van der Waals surface area contributed by atoms with E-state index >= 15 is 0 Å². The first kappa shape index (κ1) is 16.1. The van der Waals surface area contributed by atoms with Gasteiger partial charge in [0.2, 0.25) is 5.29 Å². The van der Waals surface area contributed by atoms with Crippen LogP contribution in [0.4, 0.5) is 0 Å². The van der Waals surface area contributed by atoms with Gasteiger partial charge in [-0.2, -0.15) is 9.98 Å². The first-order valence-electron chi connectivity index (χ1n) is 7.01. The molecular formula is C14H21ClN4O2. The molecule has 0 bridgehead atoms. The highest BCUT2D eigenvalue weighted by molar-refractivity contribution is 6.67. The van der Waals surface area contributed by atoms with Crippen LogP contribution in [0.15, 0.2) is 26.6 Å². The van der Waals surface area contributed by atoms with E-state index in [1.54, 1.807) is 7.11 Å². The number of amidine groups is 3. The molecule has 2 rings (SSSR count). The van der Waals surface area contributed by atoms with Crippen molar-refractivity contribution in [3.63, 3.8) is 0 Å². The summed E-state index contributed by atoms with van der Waals surface area (Å²) in [4.78, 5) is 15.3. The smallest absolute Gasteiger partial charge is 0.226 e. The maximum absolute atomic E-state index is 6.08. The van der Waals surface area contributed by atoms with E-state index in [2.05, 4.69) is 26.8 Å². The molecule has 0 aromatic carbocycles. The summed E-state index contributed by atoms with van der Waals surface area (Å²) in [6.45, 7) is 8.02. The number of nitrogens with zero attached hydrogens (tertiary/aromatic N) is 4. The standard InChI is InChI=1S/C14H21ClN4O2/c1-5-11-12(16-10(3)20-4)17-14(15)18-13(11)19-6-7-21-8-9(19)2/h5,9-10H,6-8H2,1-4H3/b11-5+,16-12?/t9-,10?/m0/s1. The summed E-state index contributed by atoms with van der Waals surface area (Å²) >= 11 is 6.08. The second kappa shape index (κ2) is 7.15.